The van der Waals surface area contributed by atoms with Gasteiger partial charge in [-0.25, -0.2) is 5.43 Å². The number of aromatic nitrogens is 1. The summed E-state index contributed by atoms with van der Waals surface area (Å²) in [6, 6.07) is 20.7. The standard InChI is InChI=1S/C21H19N3O3/c25-21(24-23-14-18-7-4-12-22-13-18)16-27-20-10-8-19(9-11-20)26-15-17-5-2-1-3-6-17/h1-14H,15-16H2,(H,24,25)/b23-14-. The van der Waals surface area contributed by atoms with Gasteiger partial charge in [-0.3, -0.25) is 9.78 Å². The first-order chi connectivity index (χ1) is 13.3. The Morgan fingerprint density at radius 3 is 2.41 bits per heavy atom. The Bertz CT molecular complexity index is 866. The predicted octanol–water partition coefficient (Wildman–Crippen LogP) is 3.19. The molecule has 0 unspecified atom stereocenters. The molecule has 0 aliphatic heterocycles. The van der Waals surface area contributed by atoms with Gasteiger partial charge < -0.3 is 9.47 Å². The fourth-order valence-electron chi connectivity index (χ4n) is 2.19. The maximum atomic E-state index is 11.7. The first kappa shape index (κ1) is 18.1. The van der Waals surface area contributed by atoms with Crippen molar-refractivity contribution in [1.29, 1.82) is 0 Å². The smallest absolute Gasteiger partial charge is 0.277 e. The second kappa shape index (κ2) is 9.72. The number of nitrogens with one attached hydrogen (secondary N) is 1. The van der Waals surface area contributed by atoms with Crippen molar-refractivity contribution in [2.24, 2.45) is 5.10 Å². The van der Waals surface area contributed by atoms with Crippen molar-refractivity contribution in [3.05, 3.63) is 90.3 Å². The van der Waals surface area contributed by atoms with Crippen molar-refractivity contribution in [3.8, 4) is 11.5 Å². The number of ether oxygens (including phenoxy) is 2. The van der Waals surface area contributed by atoms with Crippen LogP contribution in [0, 0.1) is 0 Å². The molecule has 0 saturated carbocycles. The Kier molecular flexibility index (Phi) is 6.53. The topological polar surface area (TPSA) is 72.8 Å². The van der Waals surface area contributed by atoms with E-state index in [2.05, 4.69) is 15.5 Å². The van der Waals surface area contributed by atoms with Gasteiger partial charge in [-0.05, 0) is 35.9 Å². The molecule has 6 nitrogen and oxygen atoms in total. The van der Waals surface area contributed by atoms with Gasteiger partial charge in [-0.2, -0.15) is 5.10 Å². The summed E-state index contributed by atoms with van der Waals surface area (Å²) in [6.07, 6.45) is 4.83. The molecule has 0 atom stereocenters. The summed E-state index contributed by atoms with van der Waals surface area (Å²) < 4.78 is 11.1. The first-order valence-electron chi connectivity index (χ1n) is 8.41. The normalized spacial score (nSPS) is 10.5. The zero-order valence-electron chi connectivity index (χ0n) is 14.6. The summed E-state index contributed by atoms with van der Waals surface area (Å²) in [6.45, 7) is 0.368. The number of hydrazone groups is 1. The molecule has 136 valence electrons. The Morgan fingerprint density at radius 2 is 1.70 bits per heavy atom. The molecule has 3 aromatic rings. The molecule has 6 heteroatoms. The first-order valence-corrected chi connectivity index (χ1v) is 8.41. The van der Waals surface area contributed by atoms with Crippen LogP contribution >= 0.6 is 0 Å². The third kappa shape index (κ3) is 6.28. The van der Waals surface area contributed by atoms with Gasteiger partial charge in [-0.15, -0.1) is 0 Å². The van der Waals surface area contributed by atoms with E-state index in [9.17, 15) is 4.79 Å². The van der Waals surface area contributed by atoms with Gasteiger partial charge in [0, 0.05) is 18.0 Å². The fraction of sp³-hybridized carbons (Fsp3) is 0.0952. The highest BCUT2D eigenvalue weighted by atomic mass is 16.5. The maximum absolute atomic E-state index is 11.7. The molecule has 1 aromatic heterocycles. The van der Waals surface area contributed by atoms with E-state index >= 15 is 0 Å². The molecule has 27 heavy (non-hydrogen) atoms. The summed E-state index contributed by atoms with van der Waals surface area (Å²) in [5, 5.41) is 3.86. The average Bonchev–Trinajstić information content (AvgIpc) is 2.73. The second-order valence-electron chi connectivity index (χ2n) is 5.61. The quantitative estimate of drug-likeness (QED) is 0.494. The second-order valence-corrected chi connectivity index (χ2v) is 5.61. The highest BCUT2D eigenvalue weighted by Crippen LogP contribution is 2.18. The van der Waals surface area contributed by atoms with Crippen molar-refractivity contribution < 1.29 is 14.3 Å². The summed E-state index contributed by atoms with van der Waals surface area (Å²) in [5.74, 6) is 0.963. The molecular formula is C21H19N3O3. The molecule has 2 aromatic carbocycles. The van der Waals surface area contributed by atoms with E-state index in [0.29, 0.717) is 12.4 Å². The number of amides is 1. The summed E-state index contributed by atoms with van der Waals surface area (Å²) in [7, 11) is 0. The molecule has 1 N–H and O–H groups in total. The lowest BCUT2D eigenvalue weighted by Gasteiger charge is -2.08. The predicted molar refractivity (Wildman–Crippen MR) is 103 cm³/mol. The lowest BCUT2D eigenvalue weighted by atomic mass is 10.2. The molecule has 0 aliphatic carbocycles. The van der Waals surface area contributed by atoms with Gasteiger partial charge in [0.25, 0.3) is 5.91 Å². The Labute approximate surface area is 157 Å². The van der Waals surface area contributed by atoms with Crippen molar-refractivity contribution in [2.75, 3.05) is 6.61 Å². The van der Waals surface area contributed by atoms with Crippen LogP contribution in [0.1, 0.15) is 11.1 Å². The van der Waals surface area contributed by atoms with E-state index in [-0.39, 0.29) is 12.5 Å². The molecule has 1 amide bonds. The van der Waals surface area contributed by atoms with Crippen LogP contribution in [-0.2, 0) is 11.4 Å². The lowest BCUT2D eigenvalue weighted by molar-refractivity contribution is -0.123. The zero-order chi connectivity index (χ0) is 18.7. The monoisotopic (exact) mass is 361 g/mol. The van der Waals surface area contributed by atoms with Gasteiger partial charge >= 0.3 is 0 Å². The molecule has 3 rings (SSSR count). The molecule has 1 heterocycles. The van der Waals surface area contributed by atoms with Crippen LogP contribution in [0.5, 0.6) is 11.5 Å². The van der Waals surface area contributed by atoms with Gasteiger partial charge in [0.15, 0.2) is 6.61 Å². The highest BCUT2D eigenvalue weighted by molar-refractivity contribution is 5.82. The van der Waals surface area contributed by atoms with E-state index in [1.165, 1.54) is 6.21 Å². The third-order valence-corrected chi connectivity index (χ3v) is 3.53. The Morgan fingerprint density at radius 1 is 0.963 bits per heavy atom. The molecule has 0 radical (unpaired) electrons. The molecule has 0 spiro atoms. The Balaban J connectivity index is 1.40. The van der Waals surface area contributed by atoms with E-state index in [1.54, 1.807) is 42.7 Å². The lowest BCUT2D eigenvalue weighted by Crippen LogP contribution is -2.24. The average molecular weight is 361 g/mol. The van der Waals surface area contributed by atoms with E-state index in [1.807, 2.05) is 36.4 Å². The Hall–Kier alpha value is -3.67. The third-order valence-electron chi connectivity index (χ3n) is 3.53. The minimum absolute atomic E-state index is 0.130. The van der Waals surface area contributed by atoms with Gasteiger partial charge in [-0.1, -0.05) is 36.4 Å². The highest BCUT2D eigenvalue weighted by Gasteiger charge is 2.02. The molecule has 0 bridgehead atoms. The van der Waals surface area contributed by atoms with Gasteiger partial charge in [0.2, 0.25) is 0 Å². The molecular weight excluding hydrogens is 342 g/mol. The van der Waals surface area contributed by atoms with E-state index in [4.69, 9.17) is 9.47 Å². The number of hydrogen-bond acceptors (Lipinski definition) is 5. The van der Waals surface area contributed by atoms with Crippen LogP contribution in [-0.4, -0.2) is 23.7 Å². The van der Waals surface area contributed by atoms with Crippen LogP contribution < -0.4 is 14.9 Å². The minimum atomic E-state index is -0.348. The van der Waals surface area contributed by atoms with Crippen LogP contribution in [0.15, 0.2) is 84.2 Å². The number of hydrogen-bond donors (Lipinski definition) is 1. The number of rotatable bonds is 8. The van der Waals surface area contributed by atoms with Gasteiger partial charge in [0.05, 0.1) is 6.21 Å². The van der Waals surface area contributed by atoms with E-state index in [0.717, 1.165) is 16.9 Å². The maximum Gasteiger partial charge on any atom is 0.277 e. The largest absolute Gasteiger partial charge is 0.489 e. The summed E-state index contributed by atoms with van der Waals surface area (Å²) in [4.78, 5) is 15.7. The van der Waals surface area contributed by atoms with Crippen molar-refractivity contribution in [2.45, 2.75) is 6.61 Å². The number of carbonyl (C=O) groups is 1. The van der Waals surface area contributed by atoms with Crippen LogP contribution in [0.25, 0.3) is 0 Å². The van der Waals surface area contributed by atoms with E-state index < -0.39 is 0 Å². The fourth-order valence-corrected chi connectivity index (χ4v) is 2.19. The summed E-state index contributed by atoms with van der Waals surface area (Å²) in [5.41, 5.74) is 4.30. The van der Waals surface area contributed by atoms with Gasteiger partial charge in [0.1, 0.15) is 18.1 Å². The SMILES string of the molecule is O=C(COc1ccc(OCc2ccccc2)cc1)N/N=C\c1cccnc1. The van der Waals surface area contributed by atoms with Crippen LogP contribution in [0.3, 0.4) is 0 Å². The molecule has 0 saturated heterocycles. The minimum Gasteiger partial charge on any atom is -0.489 e. The molecule has 0 aliphatic rings. The van der Waals surface area contributed by atoms with Crippen LogP contribution in [0.4, 0.5) is 0 Å². The number of nitrogens with zero attached hydrogens (tertiary/aromatic N) is 2. The number of pyridine rings is 1. The van der Waals surface area contributed by atoms with Crippen LogP contribution in [0.2, 0.25) is 0 Å². The number of benzene rings is 2. The van der Waals surface area contributed by atoms with Crippen molar-refractivity contribution in [1.82, 2.24) is 10.4 Å². The zero-order valence-corrected chi connectivity index (χ0v) is 14.6. The summed E-state index contributed by atoms with van der Waals surface area (Å²) >= 11 is 0. The number of carbonyl (C=O) groups excluding carboxylic acids is 1. The van der Waals surface area contributed by atoms with Crippen molar-refractivity contribution >= 4 is 12.1 Å². The van der Waals surface area contributed by atoms with Crippen molar-refractivity contribution in [3.63, 3.8) is 0 Å². The molecule has 0 fully saturated rings.